The van der Waals surface area contributed by atoms with Crippen molar-refractivity contribution in [1.29, 1.82) is 0 Å². The number of nitrogens with zero attached hydrogens (tertiary/aromatic N) is 2. The fourth-order valence-electron chi connectivity index (χ4n) is 19.5. The van der Waals surface area contributed by atoms with Crippen LogP contribution in [0.4, 0.5) is 42.9 Å². The summed E-state index contributed by atoms with van der Waals surface area (Å²) in [5.41, 5.74) is 32.5. The van der Waals surface area contributed by atoms with E-state index >= 15 is 8.78 Å². The minimum absolute atomic E-state index is 0.302. The second-order valence-corrected chi connectivity index (χ2v) is 31.3. The smallest absolute Gasteiger partial charge is 0.128 e. The van der Waals surface area contributed by atoms with E-state index in [4.69, 9.17) is 9.47 Å². The molecule has 2 unspecified atom stereocenters. The summed E-state index contributed by atoms with van der Waals surface area (Å²) in [5, 5.41) is 0. The number of hydrogen-bond acceptors (Lipinski definition) is 4. The first-order valence-corrected chi connectivity index (χ1v) is 39.4. The lowest BCUT2D eigenvalue weighted by atomic mass is 9.66. The zero-order valence-corrected chi connectivity index (χ0v) is 64.9. The van der Waals surface area contributed by atoms with Crippen LogP contribution in [-0.4, -0.2) is 0 Å². The van der Waals surface area contributed by atoms with Crippen LogP contribution in [0.1, 0.15) is 111 Å². The molecule has 552 valence electrons. The molecule has 6 heteroatoms. The minimum Gasteiger partial charge on any atom is -0.457 e. The molecule has 4 aliphatic rings. The first-order valence-electron chi connectivity index (χ1n) is 39.4. The third-order valence-corrected chi connectivity index (χ3v) is 24.8. The van der Waals surface area contributed by atoms with Crippen LogP contribution in [-0.2, 0) is 16.2 Å². The van der Waals surface area contributed by atoms with Gasteiger partial charge in [0, 0.05) is 34.1 Å². The van der Waals surface area contributed by atoms with Crippen LogP contribution >= 0.6 is 0 Å². The third-order valence-electron chi connectivity index (χ3n) is 24.8. The lowest BCUT2D eigenvalue weighted by Gasteiger charge is -2.36. The van der Waals surface area contributed by atoms with Crippen molar-refractivity contribution in [2.75, 3.05) is 9.80 Å². The SMILES string of the molecule is C=Cc1ccc(Oc2ccc(C3(c4cc(C)ccc4C)c4ccccc4-c4ccc(N(c5ccc(C)c(F)c5)c5ccc6c(c5)C5(c7ccccc7-6)c6ccccc6-c6ccc(N(c7ccc(C)c(F)c7)c7ccc8c(c7)C(c7ccc(Oc9ccc(C=C)cc9)cc7)(c7cc(C)ccc7C)c7ccccc7-8)cc65)cc43)cc2)cc1. The van der Waals surface area contributed by atoms with Gasteiger partial charge in [-0.05, 0) is 308 Å². The number of benzene rings is 16. The predicted molar refractivity (Wildman–Crippen MR) is 468 cm³/mol. The summed E-state index contributed by atoms with van der Waals surface area (Å²) in [5.74, 6) is 2.31. The Kier molecular flexibility index (Phi) is 16.6. The Morgan fingerprint density at radius 3 is 0.817 bits per heavy atom. The maximum Gasteiger partial charge on any atom is 0.128 e. The highest BCUT2D eigenvalue weighted by molar-refractivity contribution is 5.99. The summed E-state index contributed by atoms with van der Waals surface area (Å²) < 4.78 is 47.0. The Morgan fingerprint density at radius 1 is 0.243 bits per heavy atom. The Labute approximate surface area is 671 Å². The zero-order chi connectivity index (χ0) is 78.2. The molecule has 115 heavy (non-hydrogen) atoms. The van der Waals surface area contributed by atoms with Crippen molar-refractivity contribution in [1.82, 2.24) is 0 Å². The summed E-state index contributed by atoms with van der Waals surface area (Å²) in [6, 6.07) is 121. The number of rotatable bonds is 16. The molecular weight excluding hydrogens is 1410 g/mol. The van der Waals surface area contributed by atoms with E-state index in [0.717, 1.165) is 168 Å². The summed E-state index contributed by atoms with van der Waals surface area (Å²) >= 11 is 0. The normalized spacial score (nSPS) is 16.0. The van der Waals surface area contributed by atoms with Crippen molar-refractivity contribution in [3.63, 3.8) is 0 Å². The molecule has 4 aliphatic carbocycles. The standard InChI is InChI=1S/C109H80F2N2O2/c1-9-73-33-47-83(48-34-73)114-85-51-37-75(38-52-85)107(99-59-67(3)27-29-69(99)5)95-23-15-11-19-87(95)91-55-43-77(61-101(91)107)112(81-41-31-71(7)105(110)65-81)79-45-57-93-89-21-13-17-25-97(89)109(103(93)63-79)98-26-18-14-22-90(98)94-58-46-80(64-104(94)109)113(82-42-32-72(8)106(111)66-82)78-44-56-92-88-20-12-16-24-96(88)108(102(92)62-78,100-60-68(4)28-30-70(100)6)76-39-53-86(54-40-76)115-84-49-35-74(10-2)36-50-84/h9-66H,1-2H2,3-8H3. The number of hydrogen-bond donors (Lipinski definition) is 0. The minimum atomic E-state index is -0.900. The van der Waals surface area contributed by atoms with Gasteiger partial charge in [0.15, 0.2) is 0 Å². The van der Waals surface area contributed by atoms with Gasteiger partial charge in [0.2, 0.25) is 0 Å². The number of aryl methyl sites for hydroxylation is 6. The molecule has 1 spiro atoms. The first kappa shape index (κ1) is 70.2. The lowest BCUT2D eigenvalue weighted by molar-refractivity contribution is 0.482. The average Bonchev–Trinajstić information content (AvgIpc) is 1.55. The molecule has 16 aromatic carbocycles. The highest BCUT2D eigenvalue weighted by atomic mass is 19.1. The molecule has 0 saturated carbocycles. The van der Waals surface area contributed by atoms with Gasteiger partial charge in [-0.2, -0.15) is 0 Å². The summed E-state index contributed by atoms with van der Waals surface area (Å²) in [7, 11) is 0. The number of ether oxygens (including phenoxy) is 2. The number of fused-ring (bicyclic) bond motifs is 16. The van der Waals surface area contributed by atoms with E-state index < -0.39 is 16.2 Å². The Morgan fingerprint density at radius 2 is 0.504 bits per heavy atom. The second-order valence-electron chi connectivity index (χ2n) is 31.3. The van der Waals surface area contributed by atoms with E-state index in [1.807, 2.05) is 86.7 Å². The van der Waals surface area contributed by atoms with Gasteiger partial charge in [-0.15, -0.1) is 0 Å². The van der Waals surface area contributed by atoms with Crippen molar-refractivity contribution in [2.24, 2.45) is 0 Å². The molecule has 0 aliphatic heterocycles. The van der Waals surface area contributed by atoms with E-state index in [9.17, 15) is 0 Å². The Bertz CT molecular complexity index is 6290. The molecule has 0 fully saturated rings. The second kappa shape index (κ2) is 27.2. The average molecular weight is 1490 g/mol. The monoisotopic (exact) mass is 1490 g/mol. The summed E-state index contributed by atoms with van der Waals surface area (Å²) in [6.45, 7) is 20.4. The van der Waals surface area contributed by atoms with Crippen LogP contribution < -0.4 is 19.3 Å². The van der Waals surface area contributed by atoms with E-state index in [1.165, 1.54) is 22.3 Å². The van der Waals surface area contributed by atoms with Gasteiger partial charge in [0.25, 0.3) is 0 Å². The van der Waals surface area contributed by atoms with Gasteiger partial charge < -0.3 is 19.3 Å². The van der Waals surface area contributed by atoms with Crippen LogP contribution in [0.3, 0.4) is 0 Å². The molecule has 0 heterocycles. The van der Waals surface area contributed by atoms with E-state index in [1.54, 1.807) is 12.1 Å². The van der Waals surface area contributed by atoms with E-state index in [2.05, 4.69) is 318 Å². The molecular formula is C109H80F2N2O2. The number of anilines is 6. The summed E-state index contributed by atoms with van der Waals surface area (Å²) in [6.07, 6.45) is 3.66. The zero-order valence-electron chi connectivity index (χ0n) is 64.9. The van der Waals surface area contributed by atoms with Crippen LogP contribution in [0.15, 0.2) is 353 Å². The maximum absolute atomic E-state index is 17.0. The van der Waals surface area contributed by atoms with Crippen molar-refractivity contribution in [2.45, 2.75) is 57.8 Å². The Balaban J connectivity index is 0.779. The van der Waals surface area contributed by atoms with Crippen molar-refractivity contribution in [3.8, 4) is 67.5 Å². The van der Waals surface area contributed by atoms with Gasteiger partial charge in [0.1, 0.15) is 34.6 Å². The molecule has 0 N–H and O–H groups in total. The lowest BCUT2D eigenvalue weighted by Crippen LogP contribution is -2.30. The highest BCUT2D eigenvalue weighted by Crippen LogP contribution is 2.66. The van der Waals surface area contributed by atoms with Gasteiger partial charge in [-0.25, -0.2) is 8.78 Å². The van der Waals surface area contributed by atoms with Crippen molar-refractivity contribution in [3.05, 3.63) is 476 Å². The fourth-order valence-corrected chi connectivity index (χ4v) is 19.5. The molecule has 0 aromatic heterocycles. The fraction of sp³-hybridized carbons (Fsp3) is 0.0826. The van der Waals surface area contributed by atoms with Gasteiger partial charge >= 0.3 is 0 Å². The molecule has 4 nitrogen and oxygen atoms in total. The topological polar surface area (TPSA) is 24.9 Å². The number of halogens is 2. The van der Waals surface area contributed by atoms with E-state index in [0.29, 0.717) is 22.5 Å². The predicted octanol–water partition coefficient (Wildman–Crippen LogP) is 28.7. The van der Waals surface area contributed by atoms with Gasteiger partial charge in [-0.1, -0.05) is 255 Å². The highest BCUT2D eigenvalue weighted by Gasteiger charge is 2.54. The van der Waals surface area contributed by atoms with Crippen LogP contribution in [0.5, 0.6) is 23.0 Å². The quantitative estimate of drug-likeness (QED) is 0.0963. The van der Waals surface area contributed by atoms with Crippen LogP contribution in [0, 0.1) is 53.2 Å². The Hall–Kier alpha value is -13.9. The van der Waals surface area contributed by atoms with Crippen molar-refractivity contribution < 1.29 is 18.3 Å². The molecule has 0 radical (unpaired) electrons. The van der Waals surface area contributed by atoms with E-state index in [-0.39, 0.29) is 11.6 Å². The third kappa shape index (κ3) is 10.8. The summed E-state index contributed by atoms with van der Waals surface area (Å²) in [4.78, 5) is 4.51. The molecule has 16 aromatic rings. The molecule has 20 rings (SSSR count). The molecule has 0 bridgehead atoms. The van der Waals surface area contributed by atoms with Crippen molar-refractivity contribution >= 4 is 46.3 Å². The van der Waals surface area contributed by atoms with Crippen LogP contribution in [0.25, 0.3) is 56.7 Å². The molecule has 0 amide bonds. The maximum atomic E-state index is 17.0. The largest absolute Gasteiger partial charge is 0.457 e. The molecule has 0 saturated heterocycles. The van der Waals surface area contributed by atoms with Gasteiger partial charge in [0.05, 0.1) is 16.2 Å². The van der Waals surface area contributed by atoms with Gasteiger partial charge in [-0.3, -0.25) is 0 Å². The molecule has 2 atom stereocenters. The van der Waals surface area contributed by atoms with Crippen LogP contribution in [0.2, 0.25) is 0 Å². The first-order chi connectivity index (χ1) is 56.1.